The van der Waals surface area contributed by atoms with Crippen LogP contribution >= 0.6 is 11.6 Å². The molecule has 1 amide bonds. The summed E-state index contributed by atoms with van der Waals surface area (Å²) >= 11 is 6.04. The SMILES string of the molecule is CCC(Oc1ccccc1Cl)C(=O)NCC(C)(C)CCO. The fourth-order valence-corrected chi connectivity index (χ4v) is 2.03. The van der Waals surface area contributed by atoms with Gasteiger partial charge in [0, 0.05) is 13.2 Å². The molecule has 1 aromatic carbocycles. The first-order valence-corrected chi connectivity index (χ1v) is 7.57. The third kappa shape index (κ3) is 5.94. The first-order chi connectivity index (χ1) is 9.89. The molecule has 0 bridgehead atoms. The van der Waals surface area contributed by atoms with E-state index < -0.39 is 6.10 Å². The Morgan fingerprint density at radius 3 is 2.67 bits per heavy atom. The number of hydrogen-bond acceptors (Lipinski definition) is 3. The predicted molar refractivity (Wildman–Crippen MR) is 84.7 cm³/mol. The van der Waals surface area contributed by atoms with Crippen LogP contribution in [0.3, 0.4) is 0 Å². The number of para-hydroxylation sites is 1. The second-order valence-corrected chi connectivity index (χ2v) is 6.21. The number of hydrogen-bond donors (Lipinski definition) is 2. The van der Waals surface area contributed by atoms with Gasteiger partial charge in [-0.15, -0.1) is 0 Å². The summed E-state index contributed by atoms with van der Waals surface area (Å²) in [7, 11) is 0. The molecule has 0 saturated heterocycles. The average molecular weight is 314 g/mol. The lowest BCUT2D eigenvalue weighted by molar-refractivity contribution is -0.128. The van der Waals surface area contributed by atoms with E-state index in [4.69, 9.17) is 21.4 Å². The van der Waals surface area contributed by atoms with Crippen molar-refractivity contribution in [2.45, 2.75) is 39.7 Å². The summed E-state index contributed by atoms with van der Waals surface area (Å²) in [5, 5.41) is 12.4. The Morgan fingerprint density at radius 1 is 1.43 bits per heavy atom. The van der Waals surface area contributed by atoms with Crippen molar-refractivity contribution in [3.05, 3.63) is 29.3 Å². The van der Waals surface area contributed by atoms with Crippen LogP contribution in [0.25, 0.3) is 0 Å². The van der Waals surface area contributed by atoms with Gasteiger partial charge in [0.1, 0.15) is 5.75 Å². The molecule has 21 heavy (non-hydrogen) atoms. The third-order valence-corrected chi connectivity index (χ3v) is 3.61. The normalized spacial score (nSPS) is 12.8. The van der Waals surface area contributed by atoms with Gasteiger partial charge in [-0.3, -0.25) is 4.79 Å². The van der Waals surface area contributed by atoms with Crippen molar-refractivity contribution >= 4 is 17.5 Å². The molecule has 2 N–H and O–H groups in total. The predicted octanol–water partition coefficient (Wildman–Crippen LogP) is 3.02. The van der Waals surface area contributed by atoms with Crippen LogP contribution in [0.2, 0.25) is 5.02 Å². The van der Waals surface area contributed by atoms with E-state index >= 15 is 0 Å². The number of carbonyl (C=O) groups excluding carboxylic acids is 1. The monoisotopic (exact) mass is 313 g/mol. The third-order valence-electron chi connectivity index (χ3n) is 3.30. The summed E-state index contributed by atoms with van der Waals surface area (Å²) in [6, 6.07) is 7.10. The zero-order valence-electron chi connectivity index (χ0n) is 12.9. The molecule has 1 aromatic rings. The molecule has 0 spiro atoms. The van der Waals surface area contributed by atoms with E-state index in [0.29, 0.717) is 30.2 Å². The minimum atomic E-state index is -0.574. The zero-order valence-corrected chi connectivity index (χ0v) is 13.6. The van der Waals surface area contributed by atoms with Crippen molar-refractivity contribution in [3.63, 3.8) is 0 Å². The van der Waals surface area contributed by atoms with Crippen LogP contribution in [-0.2, 0) is 4.79 Å². The fraction of sp³-hybridized carbons (Fsp3) is 0.562. The van der Waals surface area contributed by atoms with E-state index in [1.807, 2.05) is 32.9 Å². The van der Waals surface area contributed by atoms with Gasteiger partial charge in [-0.05, 0) is 30.4 Å². The number of rotatable bonds is 8. The summed E-state index contributed by atoms with van der Waals surface area (Å²) in [5.74, 6) is 0.346. The van der Waals surface area contributed by atoms with E-state index in [-0.39, 0.29) is 17.9 Å². The minimum absolute atomic E-state index is 0.107. The van der Waals surface area contributed by atoms with Crippen LogP contribution in [0.15, 0.2) is 24.3 Å². The molecule has 4 nitrogen and oxygen atoms in total. The number of aliphatic hydroxyl groups excluding tert-OH is 1. The van der Waals surface area contributed by atoms with Gasteiger partial charge in [0.15, 0.2) is 6.10 Å². The highest BCUT2D eigenvalue weighted by molar-refractivity contribution is 6.32. The number of benzene rings is 1. The highest BCUT2D eigenvalue weighted by Gasteiger charge is 2.23. The smallest absolute Gasteiger partial charge is 0.261 e. The standard InChI is InChI=1S/C16H24ClNO3/c1-4-13(21-14-8-6-5-7-12(14)17)15(20)18-11-16(2,3)9-10-19/h5-8,13,19H,4,9-11H2,1-3H3,(H,18,20). The minimum Gasteiger partial charge on any atom is -0.479 e. The summed E-state index contributed by atoms with van der Waals surface area (Å²) in [5.41, 5.74) is -0.146. The van der Waals surface area contributed by atoms with E-state index in [2.05, 4.69) is 5.32 Å². The van der Waals surface area contributed by atoms with Gasteiger partial charge >= 0.3 is 0 Å². The van der Waals surface area contributed by atoms with Crippen LogP contribution in [0, 0.1) is 5.41 Å². The largest absolute Gasteiger partial charge is 0.479 e. The molecule has 0 aromatic heterocycles. The zero-order chi connectivity index (χ0) is 15.9. The fourth-order valence-electron chi connectivity index (χ4n) is 1.85. The van der Waals surface area contributed by atoms with Gasteiger partial charge in [-0.25, -0.2) is 0 Å². The molecule has 1 atom stereocenters. The van der Waals surface area contributed by atoms with E-state index in [0.717, 1.165) is 0 Å². The quantitative estimate of drug-likeness (QED) is 0.775. The lowest BCUT2D eigenvalue weighted by Gasteiger charge is -2.25. The maximum atomic E-state index is 12.2. The molecule has 1 unspecified atom stereocenters. The molecule has 0 heterocycles. The van der Waals surface area contributed by atoms with Crippen LogP contribution in [0.5, 0.6) is 5.75 Å². The molecule has 118 valence electrons. The second-order valence-electron chi connectivity index (χ2n) is 5.80. The molecule has 1 rings (SSSR count). The first kappa shape index (κ1) is 17.8. The van der Waals surface area contributed by atoms with Gasteiger partial charge in [0.25, 0.3) is 5.91 Å². The molecule has 0 radical (unpaired) electrons. The van der Waals surface area contributed by atoms with Gasteiger partial charge in [-0.1, -0.05) is 44.5 Å². The number of ether oxygens (including phenoxy) is 1. The number of halogens is 1. The van der Waals surface area contributed by atoms with Crippen molar-refractivity contribution < 1.29 is 14.6 Å². The lowest BCUT2D eigenvalue weighted by Crippen LogP contribution is -2.42. The van der Waals surface area contributed by atoms with Crippen LogP contribution in [0.4, 0.5) is 0 Å². The topological polar surface area (TPSA) is 58.6 Å². The molecular formula is C16H24ClNO3. The molecule has 0 aliphatic carbocycles. The number of nitrogens with one attached hydrogen (secondary N) is 1. The Hall–Kier alpha value is -1.26. The number of carbonyl (C=O) groups is 1. The summed E-state index contributed by atoms with van der Waals surface area (Å²) in [6.45, 7) is 6.49. The lowest BCUT2D eigenvalue weighted by atomic mass is 9.89. The van der Waals surface area contributed by atoms with Crippen LogP contribution < -0.4 is 10.1 Å². The Morgan fingerprint density at radius 2 is 2.10 bits per heavy atom. The van der Waals surface area contributed by atoms with Gasteiger partial charge in [0.2, 0.25) is 0 Å². The van der Waals surface area contributed by atoms with E-state index in [1.165, 1.54) is 0 Å². The Labute approximate surface area is 131 Å². The van der Waals surface area contributed by atoms with Crippen molar-refractivity contribution in [1.82, 2.24) is 5.32 Å². The summed E-state index contributed by atoms with van der Waals surface area (Å²) in [4.78, 5) is 12.2. The van der Waals surface area contributed by atoms with Gasteiger partial charge < -0.3 is 15.2 Å². The number of aliphatic hydroxyl groups is 1. The van der Waals surface area contributed by atoms with Gasteiger partial charge in [0.05, 0.1) is 5.02 Å². The summed E-state index contributed by atoms with van der Waals surface area (Å²) < 4.78 is 5.69. The molecule has 0 saturated carbocycles. The molecular weight excluding hydrogens is 290 g/mol. The first-order valence-electron chi connectivity index (χ1n) is 7.19. The average Bonchev–Trinajstić information content (AvgIpc) is 2.44. The molecule has 0 aliphatic heterocycles. The highest BCUT2D eigenvalue weighted by atomic mass is 35.5. The van der Waals surface area contributed by atoms with Crippen molar-refractivity contribution in [2.24, 2.45) is 5.41 Å². The maximum Gasteiger partial charge on any atom is 0.261 e. The highest BCUT2D eigenvalue weighted by Crippen LogP contribution is 2.25. The van der Waals surface area contributed by atoms with E-state index in [9.17, 15) is 4.79 Å². The van der Waals surface area contributed by atoms with Crippen molar-refractivity contribution in [3.8, 4) is 5.75 Å². The maximum absolute atomic E-state index is 12.2. The molecule has 0 fully saturated rings. The summed E-state index contributed by atoms with van der Waals surface area (Å²) in [6.07, 6.45) is 0.613. The van der Waals surface area contributed by atoms with Crippen LogP contribution in [-0.4, -0.2) is 30.3 Å². The van der Waals surface area contributed by atoms with Crippen molar-refractivity contribution in [2.75, 3.05) is 13.2 Å². The second kappa shape index (κ2) is 8.25. The number of amides is 1. The van der Waals surface area contributed by atoms with Gasteiger partial charge in [-0.2, -0.15) is 0 Å². The van der Waals surface area contributed by atoms with E-state index in [1.54, 1.807) is 12.1 Å². The molecule has 0 aliphatic rings. The Balaban J connectivity index is 2.60. The van der Waals surface area contributed by atoms with Crippen LogP contribution in [0.1, 0.15) is 33.6 Å². The Kier molecular flexibility index (Phi) is 6.99. The van der Waals surface area contributed by atoms with Crippen molar-refractivity contribution in [1.29, 1.82) is 0 Å². The molecule has 5 heteroatoms. The Bertz CT molecular complexity index is 463.